The first kappa shape index (κ1) is 26.4. The summed E-state index contributed by atoms with van der Waals surface area (Å²) in [5.74, 6) is -0.628. The van der Waals surface area contributed by atoms with E-state index >= 15 is 0 Å². The van der Waals surface area contributed by atoms with Crippen LogP contribution in [0.25, 0.3) is 16.6 Å². The Balaban J connectivity index is 1.45. The lowest BCUT2D eigenvalue weighted by atomic mass is 10.0. The van der Waals surface area contributed by atoms with E-state index in [4.69, 9.17) is 16.6 Å². The number of thioether (sulfide) groups is 1. The monoisotopic (exact) mass is 553 g/mol. The largest absolute Gasteiger partial charge is 0.325 e. The van der Waals surface area contributed by atoms with Crippen LogP contribution >= 0.6 is 23.4 Å². The molecular formula is C31H24ClN3O3S. The van der Waals surface area contributed by atoms with E-state index < -0.39 is 0 Å². The predicted octanol–water partition coefficient (Wildman–Crippen LogP) is 6.62. The summed E-state index contributed by atoms with van der Waals surface area (Å²) in [4.78, 5) is 44.5. The average Bonchev–Trinajstić information content (AvgIpc) is 2.94. The molecule has 0 unspecified atom stereocenters. The van der Waals surface area contributed by atoms with Crippen LogP contribution in [0.1, 0.15) is 27.0 Å². The SMILES string of the molecule is Cc1ccc(-n2c(SCC(=O)Nc3ccc(Cl)cc3C(=O)c3ccccc3)nc3ccccc3c2=O)cc1C. The van der Waals surface area contributed by atoms with Crippen LogP contribution in [-0.4, -0.2) is 27.0 Å². The molecule has 5 aromatic rings. The summed E-state index contributed by atoms with van der Waals surface area (Å²) >= 11 is 7.33. The van der Waals surface area contributed by atoms with Gasteiger partial charge in [0.15, 0.2) is 10.9 Å². The Morgan fingerprint density at radius 3 is 2.41 bits per heavy atom. The second-order valence-corrected chi connectivity index (χ2v) is 10.4. The molecule has 0 bridgehead atoms. The topological polar surface area (TPSA) is 81.1 Å². The smallest absolute Gasteiger partial charge is 0.266 e. The third-order valence-corrected chi connectivity index (χ3v) is 7.54. The standard InChI is InChI=1S/C31H24ClN3O3S/c1-19-12-14-23(16-20(19)2)35-30(38)24-10-6-7-11-26(24)34-31(35)39-18-28(36)33-27-15-13-22(32)17-25(27)29(37)21-8-4-3-5-9-21/h3-17H,18H2,1-2H3,(H,33,36). The van der Waals surface area contributed by atoms with Gasteiger partial charge in [0.25, 0.3) is 5.56 Å². The number of ketones is 1. The summed E-state index contributed by atoms with van der Waals surface area (Å²) in [6.45, 7) is 3.99. The molecule has 0 aliphatic carbocycles. The molecule has 0 spiro atoms. The lowest BCUT2D eigenvalue weighted by Gasteiger charge is -2.15. The van der Waals surface area contributed by atoms with Gasteiger partial charge in [-0.3, -0.25) is 19.0 Å². The minimum atomic E-state index is -0.349. The molecule has 0 saturated heterocycles. The molecule has 8 heteroatoms. The van der Waals surface area contributed by atoms with Crippen LogP contribution in [0.5, 0.6) is 0 Å². The van der Waals surface area contributed by atoms with Crippen molar-refractivity contribution >= 4 is 51.6 Å². The maximum absolute atomic E-state index is 13.5. The van der Waals surface area contributed by atoms with Crippen molar-refractivity contribution in [2.24, 2.45) is 0 Å². The third kappa shape index (κ3) is 5.65. The van der Waals surface area contributed by atoms with Crippen molar-refractivity contribution < 1.29 is 9.59 Å². The maximum Gasteiger partial charge on any atom is 0.266 e. The summed E-state index contributed by atoms with van der Waals surface area (Å²) in [6.07, 6.45) is 0. The molecule has 0 aliphatic rings. The number of hydrogen-bond acceptors (Lipinski definition) is 5. The van der Waals surface area contributed by atoms with Crippen molar-refractivity contribution in [3.8, 4) is 5.69 Å². The average molecular weight is 554 g/mol. The van der Waals surface area contributed by atoms with E-state index in [1.165, 1.54) is 0 Å². The molecule has 1 N–H and O–H groups in total. The number of nitrogens with zero attached hydrogens (tertiary/aromatic N) is 2. The highest BCUT2D eigenvalue weighted by atomic mass is 35.5. The molecule has 194 valence electrons. The highest BCUT2D eigenvalue weighted by molar-refractivity contribution is 7.99. The van der Waals surface area contributed by atoms with Crippen molar-refractivity contribution in [2.45, 2.75) is 19.0 Å². The van der Waals surface area contributed by atoms with Gasteiger partial charge in [-0.2, -0.15) is 0 Å². The fourth-order valence-electron chi connectivity index (χ4n) is 4.18. The Morgan fingerprint density at radius 1 is 0.897 bits per heavy atom. The first-order valence-corrected chi connectivity index (χ1v) is 13.6. The van der Waals surface area contributed by atoms with Gasteiger partial charge >= 0.3 is 0 Å². The summed E-state index contributed by atoms with van der Waals surface area (Å²) < 4.78 is 1.54. The van der Waals surface area contributed by atoms with E-state index in [2.05, 4.69) is 5.32 Å². The Bertz CT molecular complexity index is 1780. The molecule has 4 aromatic carbocycles. The fraction of sp³-hybridized carbons (Fsp3) is 0.0968. The first-order chi connectivity index (χ1) is 18.8. The van der Waals surface area contributed by atoms with E-state index in [0.717, 1.165) is 22.9 Å². The molecule has 0 radical (unpaired) electrons. The summed E-state index contributed by atoms with van der Waals surface area (Å²) in [7, 11) is 0. The zero-order valence-corrected chi connectivity index (χ0v) is 22.8. The number of amides is 1. The predicted molar refractivity (Wildman–Crippen MR) is 157 cm³/mol. The normalized spacial score (nSPS) is 10.9. The second-order valence-electron chi connectivity index (χ2n) is 9.04. The van der Waals surface area contributed by atoms with Gasteiger partial charge in [0, 0.05) is 16.1 Å². The molecule has 0 atom stereocenters. The highest BCUT2D eigenvalue weighted by Gasteiger charge is 2.18. The first-order valence-electron chi connectivity index (χ1n) is 12.2. The molecule has 1 heterocycles. The van der Waals surface area contributed by atoms with Gasteiger partial charge in [0.05, 0.1) is 28.0 Å². The van der Waals surface area contributed by atoms with E-state index in [-0.39, 0.29) is 23.0 Å². The molecular weight excluding hydrogens is 530 g/mol. The number of hydrogen-bond donors (Lipinski definition) is 1. The van der Waals surface area contributed by atoms with Crippen LogP contribution in [0, 0.1) is 13.8 Å². The summed E-state index contributed by atoms with van der Waals surface area (Å²) in [6, 6.07) is 26.5. The van der Waals surface area contributed by atoms with Gasteiger partial charge < -0.3 is 5.32 Å². The number of carbonyl (C=O) groups excluding carboxylic acids is 2. The summed E-state index contributed by atoms with van der Waals surface area (Å²) in [5.41, 5.74) is 4.32. The van der Waals surface area contributed by atoms with Gasteiger partial charge in [0.1, 0.15) is 0 Å². The number of aryl methyl sites for hydroxylation is 2. The van der Waals surface area contributed by atoms with Crippen LogP contribution in [-0.2, 0) is 4.79 Å². The molecule has 0 fully saturated rings. The molecule has 6 nitrogen and oxygen atoms in total. The zero-order chi connectivity index (χ0) is 27.5. The number of rotatable bonds is 7. The van der Waals surface area contributed by atoms with Crippen LogP contribution in [0.4, 0.5) is 5.69 Å². The van der Waals surface area contributed by atoms with Crippen LogP contribution in [0.15, 0.2) is 101 Å². The Labute approximate surface area is 234 Å². The molecule has 0 saturated carbocycles. The number of benzene rings is 4. The highest BCUT2D eigenvalue weighted by Crippen LogP contribution is 2.26. The lowest BCUT2D eigenvalue weighted by Crippen LogP contribution is -2.23. The van der Waals surface area contributed by atoms with Crippen molar-refractivity contribution in [3.63, 3.8) is 0 Å². The van der Waals surface area contributed by atoms with Crippen LogP contribution in [0.3, 0.4) is 0 Å². The fourth-order valence-corrected chi connectivity index (χ4v) is 5.16. The molecule has 1 amide bonds. The second kappa shape index (κ2) is 11.3. The molecule has 5 rings (SSSR count). The van der Waals surface area contributed by atoms with Crippen molar-refractivity contribution in [3.05, 3.63) is 129 Å². The number of fused-ring (bicyclic) bond motifs is 1. The number of nitrogens with one attached hydrogen (secondary N) is 1. The van der Waals surface area contributed by atoms with Crippen LogP contribution in [0.2, 0.25) is 5.02 Å². The lowest BCUT2D eigenvalue weighted by molar-refractivity contribution is -0.113. The minimum Gasteiger partial charge on any atom is -0.325 e. The Morgan fingerprint density at radius 2 is 1.64 bits per heavy atom. The third-order valence-electron chi connectivity index (χ3n) is 6.36. The van der Waals surface area contributed by atoms with Crippen molar-refractivity contribution in [1.82, 2.24) is 9.55 Å². The molecule has 1 aromatic heterocycles. The van der Waals surface area contributed by atoms with Gasteiger partial charge in [0.2, 0.25) is 5.91 Å². The van der Waals surface area contributed by atoms with E-state index in [1.54, 1.807) is 65.2 Å². The quantitative estimate of drug-likeness (QED) is 0.139. The number of aromatic nitrogens is 2. The summed E-state index contributed by atoms with van der Waals surface area (Å²) in [5, 5.41) is 4.11. The zero-order valence-electron chi connectivity index (χ0n) is 21.3. The number of carbonyl (C=O) groups is 2. The van der Waals surface area contributed by atoms with Crippen molar-refractivity contribution in [2.75, 3.05) is 11.1 Å². The van der Waals surface area contributed by atoms with Gasteiger partial charge in [-0.25, -0.2) is 4.98 Å². The van der Waals surface area contributed by atoms with Gasteiger partial charge in [-0.15, -0.1) is 0 Å². The van der Waals surface area contributed by atoms with E-state index in [1.807, 2.05) is 44.2 Å². The Hall–Kier alpha value is -4.20. The minimum absolute atomic E-state index is 0.0305. The Kier molecular flexibility index (Phi) is 7.63. The van der Waals surface area contributed by atoms with Crippen molar-refractivity contribution in [1.29, 1.82) is 0 Å². The molecule has 39 heavy (non-hydrogen) atoms. The van der Waals surface area contributed by atoms with E-state index in [9.17, 15) is 14.4 Å². The number of para-hydroxylation sites is 1. The van der Waals surface area contributed by atoms with Crippen LogP contribution < -0.4 is 10.9 Å². The maximum atomic E-state index is 13.5. The van der Waals surface area contributed by atoms with Gasteiger partial charge in [-0.1, -0.05) is 71.9 Å². The number of halogens is 1. The number of anilines is 1. The van der Waals surface area contributed by atoms with E-state index in [0.29, 0.717) is 43.6 Å². The van der Waals surface area contributed by atoms with Gasteiger partial charge in [-0.05, 0) is 67.4 Å². The molecule has 0 aliphatic heterocycles.